The first-order chi connectivity index (χ1) is 17.3. The number of fused-ring (bicyclic) bond motifs is 1. The highest BCUT2D eigenvalue weighted by Crippen LogP contribution is 2.31. The van der Waals surface area contributed by atoms with Crippen molar-refractivity contribution in [3.05, 3.63) is 77.9 Å². The van der Waals surface area contributed by atoms with Crippen LogP contribution in [0.3, 0.4) is 0 Å². The zero-order chi connectivity index (χ0) is 25.7. The van der Waals surface area contributed by atoms with Crippen molar-refractivity contribution >= 4 is 48.6 Å². The first kappa shape index (κ1) is 25.3. The number of hydrogen-bond acceptors (Lipinski definition) is 8. The Labute approximate surface area is 213 Å². The Morgan fingerprint density at radius 2 is 1.78 bits per heavy atom. The maximum atomic E-state index is 13.4. The molecule has 8 nitrogen and oxygen atoms in total. The van der Waals surface area contributed by atoms with Gasteiger partial charge in [0.15, 0.2) is 15.0 Å². The number of nitrogens with one attached hydrogen (secondary N) is 1. The Morgan fingerprint density at radius 3 is 2.42 bits per heavy atom. The number of carbonyl (C=O) groups excluding carboxylic acids is 1. The van der Waals surface area contributed by atoms with Gasteiger partial charge in [-0.2, -0.15) is 0 Å². The number of aromatic nitrogens is 1. The van der Waals surface area contributed by atoms with Crippen LogP contribution in [0, 0.1) is 0 Å². The first-order valence-electron chi connectivity index (χ1n) is 11.1. The molecule has 3 aromatic carbocycles. The summed E-state index contributed by atoms with van der Waals surface area (Å²) in [5, 5.41) is 3.25. The van der Waals surface area contributed by atoms with Crippen LogP contribution in [-0.4, -0.2) is 45.4 Å². The van der Waals surface area contributed by atoms with E-state index in [2.05, 4.69) is 15.3 Å². The minimum absolute atomic E-state index is 0.0113. The molecule has 0 bridgehead atoms. The lowest BCUT2D eigenvalue weighted by Gasteiger charge is -2.19. The third-order valence-corrected chi connectivity index (χ3v) is 8.10. The topological polar surface area (TPSA) is 107 Å². The molecule has 186 valence electrons. The molecule has 1 heterocycles. The summed E-state index contributed by atoms with van der Waals surface area (Å²) in [7, 11) is -0.106. The second-order valence-corrected chi connectivity index (χ2v) is 11.1. The largest absolute Gasteiger partial charge is 0.497 e. The van der Waals surface area contributed by atoms with E-state index in [-0.39, 0.29) is 10.6 Å². The number of rotatable bonds is 9. The molecule has 0 fully saturated rings. The number of amides is 1. The number of carbonyl (C=O) groups is 1. The van der Waals surface area contributed by atoms with E-state index in [1.807, 2.05) is 24.3 Å². The van der Waals surface area contributed by atoms with Crippen molar-refractivity contribution in [1.29, 1.82) is 0 Å². The summed E-state index contributed by atoms with van der Waals surface area (Å²) in [6.07, 6.45) is 0.666. The normalized spacial score (nSPS) is 12.5. The molecule has 0 radical (unpaired) electrons. The predicted octanol–water partition coefficient (Wildman–Crippen LogP) is 4.91. The van der Waals surface area contributed by atoms with Crippen molar-refractivity contribution in [3.8, 4) is 11.5 Å². The van der Waals surface area contributed by atoms with Gasteiger partial charge in [0.25, 0.3) is 5.91 Å². The van der Waals surface area contributed by atoms with Gasteiger partial charge in [0.1, 0.15) is 11.5 Å². The number of benzene rings is 3. The number of thiazole rings is 1. The molecule has 4 aromatic rings. The Hall–Kier alpha value is -3.76. The minimum atomic E-state index is -3.37. The summed E-state index contributed by atoms with van der Waals surface area (Å²) < 4.78 is 36.7. The van der Waals surface area contributed by atoms with Gasteiger partial charge in [-0.25, -0.2) is 13.4 Å². The Kier molecular flexibility index (Phi) is 7.66. The smallest absolute Gasteiger partial charge is 0.271 e. The van der Waals surface area contributed by atoms with E-state index in [0.717, 1.165) is 10.3 Å². The number of sulfone groups is 1. The second kappa shape index (κ2) is 10.9. The van der Waals surface area contributed by atoms with E-state index >= 15 is 0 Å². The number of nitrogens with zero attached hydrogens (tertiary/aromatic N) is 2. The molecule has 10 heteroatoms. The molecule has 1 N–H and O–H groups in total. The van der Waals surface area contributed by atoms with Crippen LogP contribution in [0.1, 0.15) is 24.2 Å². The maximum absolute atomic E-state index is 13.4. The maximum Gasteiger partial charge on any atom is 0.271 e. The Bertz CT molecular complexity index is 1500. The average Bonchev–Trinajstić information content (AvgIpc) is 3.29. The fraction of sp³-hybridized carbons (Fsp3) is 0.192. The number of hydrogen-bond donors (Lipinski definition) is 1. The van der Waals surface area contributed by atoms with E-state index in [1.54, 1.807) is 57.6 Å². The lowest BCUT2D eigenvalue weighted by molar-refractivity contribution is -0.123. The number of ether oxygens (including phenoxy) is 2. The fourth-order valence-electron chi connectivity index (χ4n) is 3.47. The fourth-order valence-corrected chi connectivity index (χ4v) is 5.20. The van der Waals surface area contributed by atoms with Crippen LogP contribution in [0.5, 0.6) is 11.5 Å². The third kappa shape index (κ3) is 5.72. The molecule has 0 aliphatic rings. The van der Waals surface area contributed by atoms with Crippen LogP contribution < -0.4 is 14.8 Å². The van der Waals surface area contributed by atoms with Crippen molar-refractivity contribution in [1.82, 2.24) is 4.98 Å². The van der Waals surface area contributed by atoms with Crippen LogP contribution in [0.15, 0.2) is 76.6 Å². The summed E-state index contributed by atoms with van der Waals surface area (Å²) >= 11 is 1.33. The highest BCUT2D eigenvalue weighted by atomic mass is 32.2. The zero-order valence-electron chi connectivity index (χ0n) is 20.0. The van der Waals surface area contributed by atoms with Crippen molar-refractivity contribution in [3.63, 3.8) is 0 Å². The molecule has 36 heavy (non-hydrogen) atoms. The van der Waals surface area contributed by atoms with E-state index in [9.17, 15) is 13.2 Å². The molecule has 0 spiro atoms. The number of methoxy groups -OCH3 is 1. The quantitative estimate of drug-likeness (QED) is 0.313. The molecule has 1 aromatic heterocycles. The van der Waals surface area contributed by atoms with Gasteiger partial charge in [0.2, 0.25) is 6.10 Å². The molecule has 0 saturated heterocycles. The van der Waals surface area contributed by atoms with Crippen molar-refractivity contribution in [2.24, 2.45) is 4.99 Å². The number of anilines is 1. The van der Waals surface area contributed by atoms with Crippen molar-refractivity contribution in [2.45, 2.75) is 17.9 Å². The van der Waals surface area contributed by atoms with Crippen LogP contribution in [-0.2, 0) is 14.6 Å². The summed E-state index contributed by atoms with van der Waals surface area (Å²) in [5.74, 6) is 0.697. The monoisotopic (exact) mass is 523 g/mol. The van der Waals surface area contributed by atoms with Gasteiger partial charge in [-0.15, -0.1) is 0 Å². The van der Waals surface area contributed by atoms with Gasteiger partial charge in [-0.1, -0.05) is 30.4 Å². The van der Waals surface area contributed by atoms with Gasteiger partial charge < -0.3 is 9.47 Å². The highest BCUT2D eigenvalue weighted by Gasteiger charge is 2.25. The lowest BCUT2D eigenvalue weighted by atomic mass is 10.1. The van der Waals surface area contributed by atoms with E-state index in [1.165, 1.54) is 23.5 Å². The van der Waals surface area contributed by atoms with Gasteiger partial charge in [0, 0.05) is 24.9 Å². The molecular formula is C26H25N3O5S2. The molecule has 1 amide bonds. The number of aliphatic imine (C=N–C) groups is 1. The van der Waals surface area contributed by atoms with Crippen LogP contribution in [0.2, 0.25) is 0 Å². The second-order valence-electron chi connectivity index (χ2n) is 7.77. The van der Waals surface area contributed by atoms with Crippen molar-refractivity contribution in [2.75, 3.05) is 25.2 Å². The summed E-state index contributed by atoms with van der Waals surface area (Å²) in [4.78, 5) is 22.1. The standard InChI is InChI=1S/C26H25N3O5S2/c1-4-36(31,32)21-12-7-18(8-13-21)24(34-19-9-5-17(6-10-19)16-27-2)25(30)29-26-28-22-15-20(33-3)11-14-23(22)35-26/h5-16,24H,4H2,1-3H3,(H,28,29,30). The predicted molar refractivity (Wildman–Crippen MR) is 142 cm³/mol. The summed E-state index contributed by atoms with van der Waals surface area (Å²) in [6.45, 7) is 1.59. The van der Waals surface area contributed by atoms with Gasteiger partial charge in [-0.3, -0.25) is 15.1 Å². The molecule has 1 unspecified atom stereocenters. The Morgan fingerprint density at radius 1 is 1.08 bits per heavy atom. The third-order valence-electron chi connectivity index (χ3n) is 5.40. The van der Waals surface area contributed by atoms with Crippen LogP contribution in [0.25, 0.3) is 10.2 Å². The van der Waals surface area contributed by atoms with E-state index in [4.69, 9.17) is 9.47 Å². The van der Waals surface area contributed by atoms with Gasteiger partial charge in [-0.05, 0) is 54.1 Å². The molecule has 0 aliphatic heterocycles. The molecule has 0 saturated carbocycles. The average molecular weight is 524 g/mol. The van der Waals surface area contributed by atoms with E-state index in [0.29, 0.717) is 27.7 Å². The highest BCUT2D eigenvalue weighted by molar-refractivity contribution is 7.91. The van der Waals surface area contributed by atoms with Gasteiger partial charge in [0.05, 0.1) is 28.0 Å². The molecule has 4 rings (SSSR count). The van der Waals surface area contributed by atoms with Crippen molar-refractivity contribution < 1.29 is 22.7 Å². The van der Waals surface area contributed by atoms with Crippen LogP contribution >= 0.6 is 11.3 Å². The summed E-state index contributed by atoms with van der Waals surface area (Å²) in [6, 6.07) is 18.8. The Balaban J connectivity index is 1.64. The molecular weight excluding hydrogens is 498 g/mol. The SMILES string of the molecule is CCS(=O)(=O)c1ccc(C(Oc2ccc(C=NC)cc2)C(=O)Nc2nc3cc(OC)ccc3s2)cc1. The zero-order valence-corrected chi connectivity index (χ0v) is 21.6. The molecule has 1 atom stereocenters. The minimum Gasteiger partial charge on any atom is -0.497 e. The van der Waals surface area contributed by atoms with E-state index < -0.39 is 21.8 Å². The summed E-state index contributed by atoms with van der Waals surface area (Å²) in [5.41, 5.74) is 2.10. The van der Waals surface area contributed by atoms with Gasteiger partial charge >= 0.3 is 0 Å². The first-order valence-corrected chi connectivity index (χ1v) is 13.6. The lowest BCUT2D eigenvalue weighted by Crippen LogP contribution is -2.25. The van der Waals surface area contributed by atoms with Crippen LogP contribution in [0.4, 0.5) is 5.13 Å². The molecule has 0 aliphatic carbocycles.